The third-order valence-electron chi connectivity index (χ3n) is 6.40. The van der Waals surface area contributed by atoms with Gasteiger partial charge in [0.15, 0.2) is 0 Å². The van der Waals surface area contributed by atoms with Crippen molar-refractivity contribution in [2.45, 2.75) is 125 Å². The lowest BCUT2D eigenvalue weighted by Crippen LogP contribution is -2.55. The van der Waals surface area contributed by atoms with Crippen molar-refractivity contribution >= 4 is 17.9 Å². The molecule has 3 atom stereocenters. The number of hydrogen-bond donors (Lipinski definition) is 2. The molecule has 0 fully saturated rings. The van der Waals surface area contributed by atoms with Gasteiger partial charge in [-0.25, -0.2) is 4.79 Å². The number of aryl methyl sites for hydroxylation is 2. The molecule has 3 amide bonds. The molecule has 0 saturated heterocycles. The van der Waals surface area contributed by atoms with Crippen LogP contribution in [0, 0.1) is 19.8 Å². The van der Waals surface area contributed by atoms with Crippen LogP contribution in [-0.2, 0) is 14.3 Å². The first-order valence-electron chi connectivity index (χ1n) is 13.9. The highest BCUT2D eigenvalue weighted by atomic mass is 16.6. The predicted molar refractivity (Wildman–Crippen MR) is 150 cm³/mol. The fourth-order valence-electron chi connectivity index (χ4n) is 4.32. The third-order valence-corrected chi connectivity index (χ3v) is 6.40. The van der Waals surface area contributed by atoms with Crippen molar-refractivity contribution in [2.24, 2.45) is 5.92 Å². The summed E-state index contributed by atoms with van der Waals surface area (Å²) in [4.78, 5) is 42.4. The minimum absolute atomic E-state index is 0.0805. The van der Waals surface area contributed by atoms with E-state index in [0.717, 1.165) is 42.4 Å². The summed E-state index contributed by atoms with van der Waals surface area (Å²) in [5.41, 5.74) is 2.16. The number of amides is 3. The number of nitrogens with zero attached hydrogens (tertiary/aromatic N) is 1. The Balaban J connectivity index is 3.57. The number of carbonyl (C=O) groups excluding carboxylic acids is 3. The van der Waals surface area contributed by atoms with E-state index in [9.17, 15) is 14.4 Å². The van der Waals surface area contributed by atoms with E-state index in [2.05, 4.69) is 17.6 Å². The fraction of sp³-hybridized carbons (Fsp3) is 0.700. The molecule has 0 saturated carbocycles. The number of hydrogen-bond acceptors (Lipinski definition) is 4. The van der Waals surface area contributed by atoms with Crippen LogP contribution in [0.3, 0.4) is 0 Å². The summed E-state index contributed by atoms with van der Waals surface area (Å²) in [6.07, 6.45) is 3.90. The zero-order chi connectivity index (χ0) is 28.3. The van der Waals surface area contributed by atoms with E-state index in [1.807, 2.05) is 59.7 Å². The first-order chi connectivity index (χ1) is 17.2. The number of ether oxygens (including phenoxy) is 1. The van der Waals surface area contributed by atoms with Crippen molar-refractivity contribution in [3.05, 3.63) is 34.9 Å². The van der Waals surface area contributed by atoms with Crippen molar-refractivity contribution in [1.82, 2.24) is 15.5 Å². The van der Waals surface area contributed by atoms with E-state index in [1.54, 1.807) is 25.7 Å². The van der Waals surface area contributed by atoms with Gasteiger partial charge in [-0.2, -0.15) is 0 Å². The molecule has 37 heavy (non-hydrogen) atoms. The first kappa shape index (κ1) is 32.5. The van der Waals surface area contributed by atoms with Crippen LogP contribution in [-0.4, -0.2) is 47.0 Å². The summed E-state index contributed by atoms with van der Waals surface area (Å²) in [7, 11) is 0. The van der Waals surface area contributed by atoms with Gasteiger partial charge in [-0.05, 0) is 71.9 Å². The summed E-state index contributed by atoms with van der Waals surface area (Å²) < 4.78 is 5.48. The Kier molecular flexibility index (Phi) is 13.2. The average Bonchev–Trinajstić information content (AvgIpc) is 2.77. The fourth-order valence-corrected chi connectivity index (χ4v) is 4.32. The van der Waals surface area contributed by atoms with Gasteiger partial charge in [-0.1, -0.05) is 70.2 Å². The number of unbranched alkanes of at least 4 members (excludes halogenated alkanes) is 3. The lowest BCUT2D eigenvalue weighted by atomic mass is 9.93. The zero-order valence-electron chi connectivity index (χ0n) is 24.9. The standard InChI is InChI=1S/C30H51N3O4/c1-11-13-14-15-18-33(28(35)25(22(6)12-2)32-29(36)37-30(8,9)10)26(27(34)31-20(3)4)24-17-16-21(5)19-23(24)7/h16-17,19-20,22,25-26H,11-15,18H2,1-10H3,(H,31,34)(H,32,36). The van der Waals surface area contributed by atoms with Crippen LogP contribution in [0.25, 0.3) is 0 Å². The van der Waals surface area contributed by atoms with Gasteiger partial charge in [-0.15, -0.1) is 0 Å². The molecule has 3 unspecified atom stereocenters. The molecule has 1 aromatic carbocycles. The van der Waals surface area contributed by atoms with Gasteiger partial charge < -0.3 is 20.3 Å². The second-order valence-corrected chi connectivity index (χ2v) is 11.5. The topological polar surface area (TPSA) is 87.7 Å². The van der Waals surface area contributed by atoms with Gasteiger partial charge in [0.1, 0.15) is 17.7 Å². The lowest BCUT2D eigenvalue weighted by molar-refractivity contribution is -0.143. The molecule has 7 nitrogen and oxygen atoms in total. The summed E-state index contributed by atoms with van der Waals surface area (Å²) in [6.45, 7) is 19.7. The Bertz CT molecular complexity index is 891. The maximum atomic E-state index is 14.3. The van der Waals surface area contributed by atoms with Crippen molar-refractivity contribution in [3.63, 3.8) is 0 Å². The Morgan fingerprint density at radius 2 is 1.62 bits per heavy atom. The number of benzene rings is 1. The van der Waals surface area contributed by atoms with E-state index in [1.165, 1.54) is 0 Å². The Morgan fingerprint density at radius 3 is 2.14 bits per heavy atom. The first-order valence-corrected chi connectivity index (χ1v) is 13.9. The van der Waals surface area contributed by atoms with Gasteiger partial charge in [0.2, 0.25) is 11.8 Å². The van der Waals surface area contributed by atoms with Crippen molar-refractivity contribution in [1.29, 1.82) is 0 Å². The van der Waals surface area contributed by atoms with Gasteiger partial charge in [0.05, 0.1) is 0 Å². The second-order valence-electron chi connectivity index (χ2n) is 11.5. The maximum absolute atomic E-state index is 14.3. The van der Waals surface area contributed by atoms with Gasteiger partial charge in [0.25, 0.3) is 0 Å². The van der Waals surface area contributed by atoms with Gasteiger partial charge >= 0.3 is 6.09 Å². The number of rotatable bonds is 13. The molecule has 0 bridgehead atoms. The Labute approximate surface area is 225 Å². The van der Waals surface area contributed by atoms with E-state index >= 15 is 0 Å². The molecular weight excluding hydrogens is 466 g/mol. The Hall–Kier alpha value is -2.57. The lowest BCUT2D eigenvalue weighted by Gasteiger charge is -2.37. The highest BCUT2D eigenvalue weighted by molar-refractivity contribution is 5.92. The number of alkyl carbamates (subject to hydrolysis) is 1. The minimum atomic E-state index is -0.814. The summed E-state index contributed by atoms with van der Waals surface area (Å²) in [5.74, 6) is -0.627. The largest absolute Gasteiger partial charge is 0.444 e. The molecule has 0 heterocycles. The normalized spacial score (nSPS) is 14.0. The third kappa shape index (κ3) is 10.7. The molecular formula is C30H51N3O4. The molecule has 0 aliphatic rings. The highest BCUT2D eigenvalue weighted by Crippen LogP contribution is 2.28. The van der Waals surface area contributed by atoms with Gasteiger partial charge in [-0.3, -0.25) is 9.59 Å². The van der Waals surface area contributed by atoms with Crippen LogP contribution in [0.5, 0.6) is 0 Å². The van der Waals surface area contributed by atoms with Gasteiger partial charge in [0, 0.05) is 12.6 Å². The SMILES string of the molecule is CCCCCCN(C(=O)C(NC(=O)OC(C)(C)C)C(C)CC)C(C(=O)NC(C)C)c1ccc(C)cc1C. The molecule has 210 valence electrons. The van der Waals surface area contributed by atoms with Crippen LogP contribution >= 0.6 is 0 Å². The van der Waals surface area contributed by atoms with Crippen LogP contribution in [0.1, 0.15) is 110 Å². The van der Waals surface area contributed by atoms with Crippen LogP contribution < -0.4 is 10.6 Å². The molecule has 0 radical (unpaired) electrons. The van der Waals surface area contributed by atoms with E-state index < -0.39 is 23.8 Å². The molecule has 7 heteroatoms. The second kappa shape index (κ2) is 15.0. The predicted octanol–water partition coefficient (Wildman–Crippen LogP) is 6.22. The highest BCUT2D eigenvalue weighted by Gasteiger charge is 2.38. The quantitative estimate of drug-likeness (QED) is 0.304. The molecule has 0 aromatic heterocycles. The maximum Gasteiger partial charge on any atom is 0.408 e. The molecule has 0 aliphatic carbocycles. The van der Waals surface area contributed by atoms with Crippen LogP contribution in [0.4, 0.5) is 4.79 Å². The van der Waals surface area contributed by atoms with Crippen molar-refractivity contribution < 1.29 is 19.1 Å². The van der Waals surface area contributed by atoms with E-state index in [0.29, 0.717) is 13.0 Å². The van der Waals surface area contributed by atoms with Crippen LogP contribution in [0.15, 0.2) is 18.2 Å². The average molecular weight is 518 g/mol. The molecule has 0 spiro atoms. The van der Waals surface area contributed by atoms with Crippen molar-refractivity contribution in [2.75, 3.05) is 6.54 Å². The zero-order valence-corrected chi connectivity index (χ0v) is 24.9. The monoisotopic (exact) mass is 517 g/mol. The molecule has 1 rings (SSSR count). The smallest absolute Gasteiger partial charge is 0.408 e. The molecule has 0 aliphatic heterocycles. The summed E-state index contributed by atoms with van der Waals surface area (Å²) >= 11 is 0. The molecule has 2 N–H and O–H groups in total. The van der Waals surface area contributed by atoms with Crippen LogP contribution in [0.2, 0.25) is 0 Å². The Morgan fingerprint density at radius 1 is 0.973 bits per heavy atom. The molecule has 1 aromatic rings. The van der Waals surface area contributed by atoms with E-state index in [4.69, 9.17) is 4.74 Å². The van der Waals surface area contributed by atoms with Crippen molar-refractivity contribution in [3.8, 4) is 0 Å². The number of nitrogens with one attached hydrogen (secondary N) is 2. The number of carbonyl (C=O) groups is 3. The van der Waals surface area contributed by atoms with E-state index in [-0.39, 0.29) is 23.8 Å². The minimum Gasteiger partial charge on any atom is -0.444 e. The summed E-state index contributed by atoms with van der Waals surface area (Å²) in [6, 6.07) is 4.26. The summed E-state index contributed by atoms with van der Waals surface area (Å²) in [5, 5.41) is 5.86.